The van der Waals surface area contributed by atoms with E-state index in [1.165, 1.54) is 4.90 Å². The molecule has 4 rings (SSSR count). The molecular weight excluding hydrogens is 296 g/mol. The van der Waals surface area contributed by atoms with Crippen LogP contribution < -0.4 is 19.7 Å². The van der Waals surface area contributed by atoms with Crippen LogP contribution in [0.4, 0.5) is 11.4 Å². The van der Waals surface area contributed by atoms with Crippen molar-refractivity contribution < 1.29 is 19.1 Å². The second-order valence-corrected chi connectivity index (χ2v) is 5.35. The molecule has 2 aliphatic rings. The zero-order chi connectivity index (χ0) is 15.8. The van der Waals surface area contributed by atoms with E-state index < -0.39 is 6.10 Å². The Morgan fingerprint density at radius 1 is 1.09 bits per heavy atom. The van der Waals surface area contributed by atoms with Gasteiger partial charge in [-0.15, -0.1) is 0 Å². The third-order valence-electron chi connectivity index (χ3n) is 3.82. The van der Waals surface area contributed by atoms with E-state index in [-0.39, 0.29) is 25.0 Å². The van der Waals surface area contributed by atoms with E-state index in [0.29, 0.717) is 22.9 Å². The highest BCUT2D eigenvalue weighted by atomic mass is 16.6. The summed E-state index contributed by atoms with van der Waals surface area (Å²) in [5.74, 6) is 0.635. The number of amides is 2. The van der Waals surface area contributed by atoms with E-state index in [4.69, 9.17) is 9.47 Å². The van der Waals surface area contributed by atoms with Gasteiger partial charge in [0.05, 0.1) is 11.4 Å². The topological polar surface area (TPSA) is 67.9 Å². The van der Waals surface area contributed by atoms with Crippen LogP contribution in [0.2, 0.25) is 0 Å². The molecule has 23 heavy (non-hydrogen) atoms. The number of rotatable bonds is 1. The smallest absolute Gasteiger partial charge is 0.272 e. The largest absolute Gasteiger partial charge is 0.485 e. The maximum atomic E-state index is 12.8. The third-order valence-corrected chi connectivity index (χ3v) is 3.82. The SMILES string of the molecule is O=C1CN(C(=O)C2COc3ccccc3O2)c2ccccc2N1. The summed E-state index contributed by atoms with van der Waals surface area (Å²) in [5.41, 5.74) is 1.29. The molecule has 0 aromatic heterocycles. The highest BCUT2D eigenvalue weighted by molar-refractivity contribution is 6.11. The van der Waals surface area contributed by atoms with Crippen LogP contribution in [0.3, 0.4) is 0 Å². The van der Waals surface area contributed by atoms with Crippen LogP contribution in [-0.4, -0.2) is 31.1 Å². The minimum Gasteiger partial charge on any atom is -0.485 e. The quantitative estimate of drug-likeness (QED) is 0.872. The summed E-state index contributed by atoms with van der Waals surface area (Å²) in [6.45, 7) is 0.0908. The number of carbonyl (C=O) groups is 2. The molecule has 2 heterocycles. The molecule has 0 bridgehead atoms. The molecule has 2 aromatic rings. The second kappa shape index (κ2) is 5.31. The molecule has 0 spiro atoms. The number of hydrogen-bond donors (Lipinski definition) is 1. The van der Waals surface area contributed by atoms with Crippen molar-refractivity contribution in [2.75, 3.05) is 23.4 Å². The number of nitrogens with zero attached hydrogens (tertiary/aromatic N) is 1. The van der Waals surface area contributed by atoms with E-state index >= 15 is 0 Å². The lowest BCUT2D eigenvalue weighted by atomic mass is 10.1. The van der Waals surface area contributed by atoms with E-state index in [1.807, 2.05) is 24.3 Å². The van der Waals surface area contributed by atoms with Crippen LogP contribution in [0, 0.1) is 0 Å². The van der Waals surface area contributed by atoms with Gasteiger partial charge in [-0.25, -0.2) is 0 Å². The standard InChI is InChI=1S/C17H14N2O4/c20-16-9-19(12-6-2-1-5-11(12)18-16)17(21)15-10-22-13-7-3-4-8-14(13)23-15/h1-8,15H,9-10H2,(H,18,20). The molecule has 1 atom stereocenters. The van der Waals surface area contributed by atoms with Crippen LogP contribution in [0.25, 0.3) is 0 Å². The summed E-state index contributed by atoms with van der Waals surface area (Å²) in [4.78, 5) is 26.1. The highest BCUT2D eigenvalue weighted by Crippen LogP contribution is 2.33. The second-order valence-electron chi connectivity index (χ2n) is 5.35. The molecule has 0 saturated heterocycles. The van der Waals surface area contributed by atoms with Gasteiger partial charge in [0.15, 0.2) is 11.5 Å². The summed E-state index contributed by atoms with van der Waals surface area (Å²) in [6.07, 6.45) is -0.774. The number of nitrogens with one attached hydrogen (secondary N) is 1. The molecule has 0 radical (unpaired) electrons. The molecule has 0 aliphatic carbocycles. The van der Waals surface area contributed by atoms with Gasteiger partial charge in [0.25, 0.3) is 5.91 Å². The predicted octanol–water partition coefficient (Wildman–Crippen LogP) is 1.81. The van der Waals surface area contributed by atoms with E-state index in [2.05, 4.69) is 5.32 Å². The molecule has 1 unspecified atom stereocenters. The van der Waals surface area contributed by atoms with Gasteiger partial charge >= 0.3 is 0 Å². The average Bonchev–Trinajstić information content (AvgIpc) is 2.60. The van der Waals surface area contributed by atoms with Gasteiger partial charge in [-0.05, 0) is 24.3 Å². The van der Waals surface area contributed by atoms with Gasteiger partial charge < -0.3 is 14.8 Å². The minimum absolute atomic E-state index is 0.0304. The Balaban J connectivity index is 1.62. The molecule has 6 nitrogen and oxygen atoms in total. The van der Waals surface area contributed by atoms with Crippen molar-refractivity contribution >= 4 is 23.2 Å². The number of anilines is 2. The van der Waals surface area contributed by atoms with Gasteiger partial charge in [-0.1, -0.05) is 24.3 Å². The minimum atomic E-state index is -0.774. The van der Waals surface area contributed by atoms with Crippen molar-refractivity contribution in [3.8, 4) is 11.5 Å². The van der Waals surface area contributed by atoms with E-state index in [9.17, 15) is 9.59 Å². The number of benzene rings is 2. The van der Waals surface area contributed by atoms with Crippen LogP contribution >= 0.6 is 0 Å². The highest BCUT2D eigenvalue weighted by Gasteiger charge is 2.35. The normalized spacial score (nSPS) is 18.9. The molecule has 2 aromatic carbocycles. The first-order valence-corrected chi connectivity index (χ1v) is 7.31. The lowest BCUT2D eigenvalue weighted by molar-refractivity contribution is -0.129. The maximum Gasteiger partial charge on any atom is 0.272 e. The summed E-state index contributed by atoms with van der Waals surface area (Å²) < 4.78 is 11.3. The van der Waals surface area contributed by atoms with Crippen LogP contribution in [-0.2, 0) is 9.59 Å². The first-order valence-electron chi connectivity index (χ1n) is 7.31. The summed E-state index contributed by atoms with van der Waals surface area (Å²) in [7, 11) is 0. The first-order chi connectivity index (χ1) is 11.2. The van der Waals surface area contributed by atoms with Crippen molar-refractivity contribution in [3.05, 3.63) is 48.5 Å². The number of carbonyl (C=O) groups excluding carboxylic acids is 2. The molecule has 1 N–H and O–H groups in total. The van der Waals surface area contributed by atoms with Gasteiger partial charge in [-0.2, -0.15) is 0 Å². The summed E-state index contributed by atoms with van der Waals surface area (Å²) in [5, 5.41) is 2.76. The molecular formula is C17H14N2O4. The molecule has 6 heteroatoms. The monoisotopic (exact) mass is 310 g/mol. The van der Waals surface area contributed by atoms with Crippen molar-refractivity contribution in [2.24, 2.45) is 0 Å². The Kier molecular flexibility index (Phi) is 3.15. The molecule has 0 saturated carbocycles. The fourth-order valence-corrected chi connectivity index (χ4v) is 2.74. The van der Waals surface area contributed by atoms with E-state index in [0.717, 1.165) is 0 Å². The zero-order valence-corrected chi connectivity index (χ0v) is 12.2. The third kappa shape index (κ3) is 2.38. The van der Waals surface area contributed by atoms with Gasteiger partial charge in [-0.3, -0.25) is 14.5 Å². The van der Waals surface area contributed by atoms with Crippen molar-refractivity contribution in [2.45, 2.75) is 6.10 Å². The van der Waals surface area contributed by atoms with Crippen molar-refractivity contribution in [1.82, 2.24) is 0 Å². The van der Waals surface area contributed by atoms with Crippen LogP contribution in [0.1, 0.15) is 0 Å². The number of para-hydroxylation sites is 4. The predicted molar refractivity (Wildman–Crippen MR) is 83.8 cm³/mol. The Hall–Kier alpha value is -3.02. The Morgan fingerprint density at radius 3 is 2.70 bits per heavy atom. The fraction of sp³-hybridized carbons (Fsp3) is 0.176. The Morgan fingerprint density at radius 2 is 1.83 bits per heavy atom. The van der Waals surface area contributed by atoms with Gasteiger partial charge in [0.1, 0.15) is 13.2 Å². The van der Waals surface area contributed by atoms with Crippen LogP contribution in [0.5, 0.6) is 11.5 Å². The summed E-state index contributed by atoms with van der Waals surface area (Å²) in [6, 6.07) is 14.4. The van der Waals surface area contributed by atoms with E-state index in [1.54, 1.807) is 24.3 Å². The number of hydrogen-bond acceptors (Lipinski definition) is 4. The molecule has 2 amide bonds. The number of ether oxygens (including phenoxy) is 2. The summed E-state index contributed by atoms with van der Waals surface area (Å²) >= 11 is 0. The van der Waals surface area contributed by atoms with Crippen molar-refractivity contribution in [1.29, 1.82) is 0 Å². The fourth-order valence-electron chi connectivity index (χ4n) is 2.74. The Labute approximate surface area is 132 Å². The number of fused-ring (bicyclic) bond motifs is 2. The van der Waals surface area contributed by atoms with Gasteiger partial charge in [0, 0.05) is 0 Å². The first kappa shape index (κ1) is 13.6. The lowest BCUT2D eigenvalue weighted by Gasteiger charge is -2.33. The molecule has 2 aliphatic heterocycles. The van der Waals surface area contributed by atoms with Crippen molar-refractivity contribution in [3.63, 3.8) is 0 Å². The molecule has 0 fully saturated rings. The maximum absolute atomic E-state index is 12.8. The van der Waals surface area contributed by atoms with Crippen LogP contribution in [0.15, 0.2) is 48.5 Å². The zero-order valence-electron chi connectivity index (χ0n) is 12.2. The lowest BCUT2D eigenvalue weighted by Crippen LogP contribution is -2.50. The Bertz CT molecular complexity index is 790. The van der Waals surface area contributed by atoms with Gasteiger partial charge in [0.2, 0.25) is 12.0 Å². The molecule has 116 valence electrons. The average molecular weight is 310 g/mol.